The molecule has 0 atom stereocenters. The maximum atomic E-state index is 12.7. The number of rotatable bonds is 5. The number of amides is 2. The zero-order valence-corrected chi connectivity index (χ0v) is 17.2. The summed E-state index contributed by atoms with van der Waals surface area (Å²) in [5.41, 5.74) is 5.18. The number of likely N-dealkylation sites (tertiary alicyclic amines) is 1. The number of carbonyl (C=O) groups is 2. The van der Waals surface area contributed by atoms with Gasteiger partial charge in [-0.3, -0.25) is 20.0 Å². The Hall–Kier alpha value is -3.96. The zero-order valence-electron chi connectivity index (χ0n) is 17.2. The summed E-state index contributed by atoms with van der Waals surface area (Å²) in [4.78, 5) is 34.6. The molecule has 1 saturated heterocycles. The molecule has 2 amide bonds. The molecule has 1 aliphatic rings. The van der Waals surface area contributed by atoms with Gasteiger partial charge < -0.3 is 9.42 Å². The Morgan fingerprint density at radius 2 is 1.70 bits per heavy atom. The molecule has 172 valence electrons. The fourth-order valence-corrected chi connectivity index (χ4v) is 3.44. The minimum Gasteiger partial charge on any atom is -0.339 e. The van der Waals surface area contributed by atoms with Crippen LogP contribution in [0.4, 0.5) is 19.2 Å². The number of piperidine rings is 1. The molecule has 0 saturated carbocycles. The highest BCUT2D eigenvalue weighted by Crippen LogP contribution is 2.29. The van der Waals surface area contributed by atoms with Crippen molar-refractivity contribution in [3.63, 3.8) is 0 Å². The lowest BCUT2D eigenvalue weighted by Crippen LogP contribution is -2.44. The molecule has 2 N–H and O–H groups in total. The summed E-state index contributed by atoms with van der Waals surface area (Å²) in [6.45, 7) is 0.620. The van der Waals surface area contributed by atoms with E-state index >= 15 is 0 Å². The van der Waals surface area contributed by atoms with Crippen LogP contribution < -0.4 is 10.9 Å². The lowest BCUT2D eigenvalue weighted by atomic mass is 9.95. The second-order valence-electron chi connectivity index (χ2n) is 7.41. The number of carbonyl (C=O) groups excluding carboxylic acids is 2. The van der Waals surface area contributed by atoms with Crippen molar-refractivity contribution >= 4 is 17.8 Å². The number of nitrogens with one attached hydrogen (secondary N) is 2. The van der Waals surface area contributed by atoms with Crippen LogP contribution in [0.15, 0.2) is 53.3 Å². The Morgan fingerprint density at radius 1 is 1.03 bits per heavy atom. The second-order valence-corrected chi connectivity index (χ2v) is 7.41. The van der Waals surface area contributed by atoms with Gasteiger partial charge in [0.15, 0.2) is 0 Å². The second kappa shape index (κ2) is 9.27. The molecule has 1 aliphatic heterocycles. The van der Waals surface area contributed by atoms with Crippen molar-refractivity contribution in [2.75, 3.05) is 18.5 Å². The molecule has 12 heteroatoms. The van der Waals surface area contributed by atoms with Crippen molar-refractivity contribution in [3.05, 3.63) is 59.9 Å². The molecule has 9 nitrogen and oxygen atoms in total. The molecular weight excluding hydrogens is 441 g/mol. The molecule has 3 heterocycles. The fourth-order valence-electron chi connectivity index (χ4n) is 3.44. The normalized spacial score (nSPS) is 14.7. The van der Waals surface area contributed by atoms with Crippen LogP contribution in [0.25, 0.3) is 11.4 Å². The van der Waals surface area contributed by atoms with Crippen LogP contribution >= 0.6 is 0 Å². The predicted octanol–water partition coefficient (Wildman–Crippen LogP) is 3.15. The van der Waals surface area contributed by atoms with Gasteiger partial charge in [0.05, 0.1) is 5.56 Å². The van der Waals surface area contributed by atoms with Crippen molar-refractivity contribution in [2.24, 2.45) is 5.92 Å². The van der Waals surface area contributed by atoms with Gasteiger partial charge in [-0.2, -0.15) is 18.2 Å². The molecule has 0 aliphatic carbocycles. The van der Waals surface area contributed by atoms with Gasteiger partial charge in [-0.25, -0.2) is 5.43 Å². The van der Waals surface area contributed by atoms with E-state index in [9.17, 15) is 22.8 Å². The summed E-state index contributed by atoms with van der Waals surface area (Å²) in [5, 5.41) is 3.82. The van der Waals surface area contributed by atoms with Crippen molar-refractivity contribution in [2.45, 2.75) is 19.0 Å². The Balaban J connectivity index is 1.26. The van der Waals surface area contributed by atoms with E-state index in [1.54, 1.807) is 24.5 Å². The molecule has 33 heavy (non-hydrogen) atoms. The predicted molar refractivity (Wildman–Crippen MR) is 109 cm³/mol. The first-order valence-electron chi connectivity index (χ1n) is 10.1. The summed E-state index contributed by atoms with van der Waals surface area (Å²) < 4.78 is 43.1. The first kappa shape index (κ1) is 22.2. The van der Waals surface area contributed by atoms with Gasteiger partial charge in [-0.1, -0.05) is 5.16 Å². The molecule has 1 aromatic carbocycles. The highest BCUT2D eigenvalue weighted by Gasteiger charge is 2.31. The van der Waals surface area contributed by atoms with Gasteiger partial charge in [-0.05, 0) is 49.2 Å². The largest absolute Gasteiger partial charge is 0.416 e. The third-order valence-corrected chi connectivity index (χ3v) is 5.27. The van der Waals surface area contributed by atoms with E-state index < -0.39 is 11.7 Å². The molecule has 0 radical (unpaired) electrons. The van der Waals surface area contributed by atoms with Crippen LogP contribution in [-0.2, 0) is 11.0 Å². The van der Waals surface area contributed by atoms with Crippen LogP contribution in [0.5, 0.6) is 0 Å². The van der Waals surface area contributed by atoms with Crippen molar-refractivity contribution in [1.29, 1.82) is 0 Å². The maximum Gasteiger partial charge on any atom is 0.416 e. The molecule has 4 rings (SSSR count). The number of hydrazine groups is 1. The number of aromatic nitrogens is 3. The van der Waals surface area contributed by atoms with Gasteiger partial charge in [0, 0.05) is 42.5 Å². The summed E-state index contributed by atoms with van der Waals surface area (Å²) >= 11 is 0. The third kappa shape index (κ3) is 5.27. The number of alkyl halides is 3. The number of pyridine rings is 1. The SMILES string of the molecule is O=C(NNc1nc(-c2ccncc2)no1)C1CCN(C(=O)c2ccc(C(F)(F)F)cc2)CC1. The smallest absolute Gasteiger partial charge is 0.339 e. The Bertz CT molecular complexity index is 1110. The monoisotopic (exact) mass is 460 g/mol. The van der Waals surface area contributed by atoms with E-state index in [2.05, 4.69) is 26.0 Å². The molecule has 0 bridgehead atoms. The van der Waals surface area contributed by atoms with Gasteiger partial charge in [-0.15, -0.1) is 0 Å². The Morgan fingerprint density at radius 3 is 2.33 bits per heavy atom. The summed E-state index contributed by atoms with van der Waals surface area (Å²) in [6.07, 6.45) is -0.453. The first-order valence-corrected chi connectivity index (χ1v) is 10.1. The van der Waals surface area contributed by atoms with Crippen molar-refractivity contribution in [1.82, 2.24) is 25.5 Å². The van der Waals surface area contributed by atoms with Gasteiger partial charge in [0.2, 0.25) is 11.7 Å². The van der Waals surface area contributed by atoms with Crippen LogP contribution in [-0.4, -0.2) is 44.9 Å². The van der Waals surface area contributed by atoms with Crippen molar-refractivity contribution in [3.8, 4) is 11.4 Å². The average Bonchev–Trinajstić information content (AvgIpc) is 3.31. The quantitative estimate of drug-likeness (QED) is 0.563. The van der Waals surface area contributed by atoms with Crippen LogP contribution in [0.3, 0.4) is 0 Å². The molecule has 2 aromatic heterocycles. The van der Waals surface area contributed by atoms with E-state index in [1.807, 2.05) is 0 Å². The lowest BCUT2D eigenvalue weighted by Gasteiger charge is -2.31. The fraction of sp³-hybridized carbons (Fsp3) is 0.286. The summed E-state index contributed by atoms with van der Waals surface area (Å²) in [7, 11) is 0. The average molecular weight is 460 g/mol. The highest BCUT2D eigenvalue weighted by atomic mass is 19.4. The van der Waals surface area contributed by atoms with E-state index in [1.165, 1.54) is 17.0 Å². The molecule has 0 unspecified atom stereocenters. The minimum atomic E-state index is -4.46. The number of anilines is 1. The highest BCUT2D eigenvalue weighted by molar-refractivity contribution is 5.94. The lowest BCUT2D eigenvalue weighted by molar-refractivity contribution is -0.137. The van der Waals surface area contributed by atoms with Gasteiger partial charge in [0.1, 0.15) is 0 Å². The van der Waals surface area contributed by atoms with Gasteiger partial charge >= 0.3 is 12.2 Å². The summed E-state index contributed by atoms with van der Waals surface area (Å²) in [6, 6.07) is 7.55. The molecule has 0 spiro atoms. The van der Waals surface area contributed by atoms with Gasteiger partial charge in [0.25, 0.3) is 5.91 Å². The summed E-state index contributed by atoms with van der Waals surface area (Å²) in [5.74, 6) is -0.670. The zero-order chi connectivity index (χ0) is 23.4. The van der Waals surface area contributed by atoms with E-state index in [4.69, 9.17) is 4.52 Å². The maximum absolute atomic E-state index is 12.7. The Labute approximate surface area is 186 Å². The number of nitrogens with zero attached hydrogens (tertiary/aromatic N) is 4. The van der Waals surface area contributed by atoms with E-state index in [-0.39, 0.29) is 29.3 Å². The van der Waals surface area contributed by atoms with Crippen LogP contribution in [0.2, 0.25) is 0 Å². The van der Waals surface area contributed by atoms with E-state index in [0.717, 1.165) is 12.1 Å². The third-order valence-electron chi connectivity index (χ3n) is 5.27. The minimum absolute atomic E-state index is 0.0186. The number of halogens is 3. The molecule has 3 aromatic rings. The topological polar surface area (TPSA) is 113 Å². The molecule has 1 fully saturated rings. The van der Waals surface area contributed by atoms with Crippen LogP contribution in [0, 0.1) is 5.92 Å². The Kier molecular flexibility index (Phi) is 6.24. The number of hydrogen-bond acceptors (Lipinski definition) is 7. The van der Waals surface area contributed by atoms with Crippen molar-refractivity contribution < 1.29 is 27.3 Å². The van der Waals surface area contributed by atoms with E-state index in [0.29, 0.717) is 37.3 Å². The van der Waals surface area contributed by atoms with Crippen LogP contribution in [0.1, 0.15) is 28.8 Å². The first-order chi connectivity index (χ1) is 15.8. The molecular formula is C21H19F3N6O3. The number of benzene rings is 1. The number of hydrogen-bond donors (Lipinski definition) is 2. The standard InChI is InChI=1S/C21H19F3N6O3/c22-21(23,24)16-3-1-15(2-4-16)19(32)30-11-7-14(8-12-30)18(31)27-28-20-26-17(29-33-20)13-5-9-25-10-6-13/h1-6,9-10,14H,7-8,11-12H2,(H,27,31)(H,26,28,29).